The minimum absolute atomic E-state index is 0.0250. The first-order valence-electron chi connectivity index (χ1n) is 8.37. The number of aromatic amines is 1. The number of carbonyl (C=O) groups is 2. The van der Waals surface area contributed by atoms with E-state index in [4.69, 9.17) is 0 Å². The van der Waals surface area contributed by atoms with Crippen LogP contribution in [0.3, 0.4) is 0 Å². The molecule has 4 rings (SSSR count). The summed E-state index contributed by atoms with van der Waals surface area (Å²) in [6, 6.07) is 8.05. The van der Waals surface area contributed by atoms with Gasteiger partial charge in [0.2, 0.25) is 5.91 Å². The van der Waals surface area contributed by atoms with Crippen molar-refractivity contribution < 1.29 is 9.59 Å². The number of rotatable bonds is 3. The van der Waals surface area contributed by atoms with Crippen LogP contribution in [0, 0.1) is 5.92 Å². The SMILES string of the molecule is O=C(NC1CC1)[C@H]1CCCN(C(=O)c2ccc3[nH]ccc3c2)C1. The highest BCUT2D eigenvalue weighted by molar-refractivity contribution is 5.98. The molecule has 5 heteroatoms. The van der Waals surface area contributed by atoms with Crippen LogP contribution in [-0.2, 0) is 4.79 Å². The zero-order valence-corrected chi connectivity index (χ0v) is 13.0. The molecule has 0 bridgehead atoms. The summed E-state index contributed by atoms with van der Waals surface area (Å²) in [5.74, 6) is 0.0763. The van der Waals surface area contributed by atoms with Crippen molar-refractivity contribution in [1.82, 2.24) is 15.2 Å². The number of H-pyrrole nitrogens is 1. The molecule has 23 heavy (non-hydrogen) atoms. The zero-order chi connectivity index (χ0) is 15.8. The molecule has 2 fully saturated rings. The van der Waals surface area contributed by atoms with E-state index in [-0.39, 0.29) is 17.7 Å². The molecule has 2 aromatic rings. The molecule has 1 saturated carbocycles. The molecule has 2 amide bonds. The lowest BCUT2D eigenvalue weighted by Crippen LogP contribution is -2.45. The number of hydrogen-bond donors (Lipinski definition) is 2. The Bertz CT molecular complexity index is 748. The predicted molar refractivity (Wildman–Crippen MR) is 88.1 cm³/mol. The van der Waals surface area contributed by atoms with Gasteiger partial charge < -0.3 is 15.2 Å². The molecule has 1 aromatic carbocycles. The quantitative estimate of drug-likeness (QED) is 0.913. The van der Waals surface area contributed by atoms with E-state index in [9.17, 15) is 9.59 Å². The number of fused-ring (bicyclic) bond motifs is 1. The van der Waals surface area contributed by atoms with Gasteiger partial charge in [-0.1, -0.05) is 0 Å². The van der Waals surface area contributed by atoms with Crippen molar-refractivity contribution in [2.75, 3.05) is 13.1 Å². The average molecular weight is 311 g/mol. The van der Waals surface area contributed by atoms with E-state index in [0.717, 1.165) is 43.1 Å². The van der Waals surface area contributed by atoms with E-state index in [0.29, 0.717) is 18.2 Å². The maximum atomic E-state index is 12.8. The van der Waals surface area contributed by atoms with Crippen LogP contribution in [0.2, 0.25) is 0 Å². The molecular weight excluding hydrogens is 290 g/mol. The van der Waals surface area contributed by atoms with Crippen LogP contribution in [0.25, 0.3) is 10.9 Å². The lowest BCUT2D eigenvalue weighted by atomic mass is 9.96. The second-order valence-electron chi connectivity index (χ2n) is 6.65. The summed E-state index contributed by atoms with van der Waals surface area (Å²) in [5.41, 5.74) is 1.72. The molecule has 1 saturated heterocycles. The Morgan fingerprint density at radius 3 is 2.87 bits per heavy atom. The van der Waals surface area contributed by atoms with Gasteiger partial charge in [0, 0.05) is 41.8 Å². The predicted octanol–water partition coefficient (Wildman–Crippen LogP) is 2.30. The Morgan fingerprint density at radius 1 is 1.17 bits per heavy atom. The summed E-state index contributed by atoms with van der Waals surface area (Å²) in [7, 11) is 0. The third kappa shape index (κ3) is 2.96. The Kier molecular flexibility index (Phi) is 3.56. The number of nitrogens with one attached hydrogen (secondary N) is 2. The summed E-state index contributed by atoms with van der Waals surface area (Å²) in [6.45, 7) is 1.26. The standard InChI is InChI=1S/C18H21N3O2/c22-17(20-15-4-5-15)14-2-1-9-21(11-14)18(23)13-3-6-16-12(10-13)7-8-19-16/h3,6-8,10,14-15,19H,1-2,4-5,9,11H2,(H,20,22)/t14-/m0/s1. The molecule has 0 radical (unpaired) electrons. The molecule has 2 aliphatic rings. The van der Waals surface area contributed by atoms with Gasteiger partial charge in [0.1, 0.15) is 0 Å². The largest absolute Gasteiger partial charge is 0.361 e. The molecule has 5 nitrogen and oxygen atoms in total. The molecular formula is C18H21N3O2. The van der Waals surface area contributed by atoms with Crippen molar-refractivity contribution in [3.05, 3.63) is 36.0 Å². The van der Waals surface area contributed by atoms with Crippen molar-refractivity contribution in [3.8, 4) is 0 Å². The first-order valence-corrected chi connectivity index (χ1v) is 8.37. The Balaban J connectivity index is 1.47. The van der Waals surface area contributed by atoms with Crippen LogP contribution in [0.4, 0.5) is 0 Å². The zero-order valence-electron chi connectivity index (χ0n) is 13.0. The minimum atomic E-state index is -0.0655. The Labute approximate surface area is 135 Å². The number of hydrogen-bond acceptors (Lipinski definition) is 2. The third-order valence-corrected chi connectivity index (χ3v) is 4.80. The molecule has 1 aromatic heterocycles. The van der Waals surface area contributed by atoms with Gasteiger partial charge in [0.25, 0.3) is 5.91 Å². The van der Waals surface area contributed by atoms with Crippen LogP contribution < -0.4 is 5.32 Å². The molecule has 2 N–H and O–H groups in total. The van der Waals surface area contributed by atoms with E-state index >= 15 is 0 Å². The van der Waals surface area contributed by atoms with Gasteiger partial charge in [-0.3, -0.25) is 9.59 Å². The van der Waals surface area contributed by atoms with E-state index in [1.165, 1.54) is 0 Å². The second-order valence-corrected chi connectivity index (χ2v) is 6.65. The molecule has 1 atom stereocenters. The lowest BCUT2D eigenvalue weighted by molar-refractivity contribution is -0.126. The number of likely N-dealkylation sites (tertiary alicyclic amines) is 1. The number of amides is 2. The molecule has 120 valence electrons. The van der Waals surface area contributed by atoms with E-state index in [1.54, 1.807) is 0 Å². The van der Waals surface area contributed by atoms with Crippen molar-refractivity contribution in [2.45, 2.75) is 31.7 Å². The number of aromatic nitrogens is 1. The fraction of sp³-hybridized carbons (Fsp3) is 0.444. The van der Waals surface area contributed by atoms with Crippen LogP contribution in [0.5, 0.6) is 0 Å². The van der Waals surface area contributed by atoms with Crippen molar-refractivity contribution in [2.24, 2.45) is 5.92 Å². The second kappa shape index (κ2) is 5.72. The molecule has 1 aliphatic heterocycles. The van der Waals surface area contributed by atoms with Crippen LogP contribution in [0.1, 0.15) is 36.0 Å². The van der Waals surface area contributed by atoms with Gasteiger partial charge >= 0.3 is 0 Å². The van der Waals surface area contributed by atoms with Crippen LogP contribution >= 0.6 is 0 Å². The number of nitrogens with zero attached hydrogens (tertiary/aromatic N) is 1. The number of carbonyl (C=O) groups excluding carboxylic acids is 2. The van der Waals surface area contributed by atoms with Crippen molar-refractivity contribution >= 4 is 22.7 Å². The minimum Gasteiger partial charge on any atom is -0.361 e. The fourth-order valence-electron chi connectivity index (χ4n) is 3.29. The van der Waals surface area contributed by atoms with Gasteiger partial charge in [0.15, 0.2) is 0 Å². The lowest BCUT2D eigenvalue weighted by Gasteiger charge is -2.32. The van der Waals surface area contributed by atoms with Crippen molar-refractivity contribution in [3.63, 3.8) is 0 Å². The third-order valence-electron chi connectivity index (χ3n) is 4.80. The number of benzene rings is 1. The van der Waals surface area contributed by atoms with Gasteiger partial charge in [-0.15, -0.1) is 0 Å². The van der Waals surface area contributed by atoms with Crippen molar-refractivity contribution in [1.29, 1.82) is 0 Å². The molecule has 1 aliphatic carbocycles. The van der Waals surface area contributed by atoms with Gasteiger partial charge in [-0.2, -0.15) is 0 Å². The summed E-state index contributed by atoms with van der Waals surface area (Å²) in [5, 5.41) is 4.10. The first kappa shape index (κ1) is 14.3. The first-order chi connectivity index (χ1) is 11.2. The Hall–Kier alpha value is -2.30. The van der Waals surface area contributed by atoms with Gasteiger partial charge in [0.05, 0.1) is 5.92 Å². The molecule has 0 unspecified atom stereocenters. The van der Waals surface area contributed by atoms with Crippen LogP contribution in [-0.4, -0.2) is 40.8 Å². The Morgan fingerprint density at radius 2 is 2.04 bits per heavy atom. The summed E-state index contributed by atoms with van der Waals surface area (Å²) < 4.78 is 0. The summed E-state index contributed by atoms with van der Waals surface area (Å²) in [6.07, 6.45) is 5.83. The average Bonchev–Trinajstić information content (AvgIpc) is 3.27. The highest BCUT2D eigenvalue weighted by Gasteiger charge is 2.32. The van der Waals surface area contributed by atoms with Crippen LogP contribution in [0.15, 0.2) is 30.5 Å². The summed E-state index contributed by atoms with van der Waals surface area (Å²) >= 11 is 0. The smallest absolute Gasteiger partial charge is 0.253 e. The van der Waals surface area contributed by atoms with Gasteiger partial charge in [-0.25, -0.2) is 0 Å². The highest BCUT2D eigenvalue weighted by atomic mass is 16.2. The maximum Gasteiger partial charge on any atom is 0.253 e. The van der Waals surface area contributed by atoms with E-state index < -0.39 is 0 Å². The highest BCUT2D eigenvalue weighted by Crippen LogP contribution is 2.23. The molecule has 0 spiro atoms. The topological polar surface area (TPSA) is 65.2 Å². The van der Waals surface area contributed by atoms with Gasteiger partial charge in [-0.05, 0) is 49.9 Å². The van der Waals surface area contributed by atoms with E-state index in [1.807, 2.05) is 35.4 Å². The van der Waals surface area contributed by atoms with E-state index in [2.05, 4.69) is 10.3 Å². The monoisotopic (exact) mass is 311 g/mol. The summed E-state index contributed by atoms with van der Waals surface area (Å²) in [4.78, 5) is 30.0. The molecule has 2 heterocycles. The number of piperidine rings is 1. The fourth-order valence-corrected chi connectivity index (χ4v) is 3.29. The maximum absolute atomic E-state index is 12.8. The normalized spacial score (nSPS) is 21.4.